The van der Waals surface area contributed by atoms with Crippen LogP contribution in [0.1, 0.15) is 48.2 Å². The van der Waals surface area contributed by atoms with Crippen LogP contribution in [-0.2, 0) is 11.2 Å². The van der Waals surface area contributed by atoms with Crippen LogP contribution in [0.15, 0.2) is 30.3 Å². The minimum atomic E-state index is -0.259. The second-order valence-corrected chi connectivity index (χ2v) is 5.08. The van der Waals surface area contributed by atoms with E-state index in [4.69, 9.17) is 4.74 Å². The average Bonchev–Trinajstić information content (AvgIpc) is 2.60. The summed E-state index contributed by atoms with van der Waals surface area (Å²) in [6.07, 6.45) is 0.911. The molecule has 0 aliphatic heterocycles. The molecule has 2 aliphatic rings. The zero-order chi connectivity index (χ0) is 14.0. The number of carbonyl (C=O) groups excluding carboxylic acids is 1. The number of methoxy groups -OCH3 is 1. The summed E-state index contributed by atoms with van der Waals surface area (Å²) in [5, 5.41) is 0. The number of hydrogen-bond donors (Lipinski definition) is 0. The molecule has 2 heteroatoms. The quantitative estimate of drug-likeness (QED) is 0.769. The summed E-state index contributed by atoms with van der Waals surface area (Å²) >= 11 is 0. The lowest BCUT2D eigenvalue weighted by molar-refractivity contribution is 0.0602. The molecule has 0 saturated carbocycles. The van der Waals surface area contributed by atoms with Crippen molar-refractivity contribution in [3.05, 3.63) is 47.0 Å². The minimum absolute atomic E-state index is 0.259. The lowest BCUT2D eigenvalue weighted by Crippen LogP contribution is -2.00. The summed E-state index contributed by atoms with van der Waals surface area (Å²) in [7, 11) is 1.43. The van der Waals surface area contributed by atoms with Gasteiger partial charge in [-0.2, -0.15) is 0 Å². The summed E-state index contributed by atoms with van der Waals surface area (Å²) in [6.45, 7) is 6.41. The van der Waals surface area contributed by atoms with Crippen LogP contribution in [0.3, 0.4) is 0 Å². The molecule has 0 unspecified atom stereocenters. The van der Waals surface area contributed by atoms with Crippen molar-refractivity contribution in [1.29, 1.82) is 0 Å². The SMILES string of the molecule is C[14CH2]c1cc(C(=O)OC)c2cc(C(C)C)cccc1-2. The van der Waals surface area contributed by atoms with Gasteiger partial charge in [-0.15, -0.1) is 0 Å². The Kier molecular flexibility index (Phi) is 3.89. The highest BCUT2D eigenvalue weighted by Gasteiger charge is 2.20. The van der Waals surface area contributed by atoms with E-state index in [1.807, 2.05) is 6.07 Å². The van der Waals surface area contributed by atoms with Crippen molar-refractivity contribution < 1.29 is 9.53 Å². The molecule has 0 N–H and O–H groups in total. The fourth-order valence-corrected chi connectivity index (χ4v) is 2.40. The van der Waals surface area contributed by atoms with Crippen LogP contribution in [0.2, 0.25) is 0 Å². The van der Waals surface area contributed by atoms with Crippen molar-refractivity contribution in [2.24, 2.45) is 0 Å². The molecule has 0 heterocycles. The Morgan fingerprint density at radius 2 is 1.95 bits per heavy atom. The maximum Gasteiger partial charge on any atom is 0.338 e. The number of fused-ring (bicyclic) bond motifs is 1. The first-order chi connectivity index (χ1) is 9.08. The number of esters is 1. The van der Waals surface area contributed by atoms with Gasteiger partial charge in [0.25, 0.3) is 0 Å². The second-order valence-electron chi connectivity index (χ2n) is 5.08. The molecule has 0 fully saturated rings. The average molecular weight is 258 g/mol. The highest BCUT2D eigenvalue weighted by molar-refractivity contribution is 6.00. The highest BCUT2D eigenvalue weighted by Crippen LogP contribution is 2.34. The molecule has 0 aromatic carbocycles. The maximum atomic E-state index is 11.9. The largest absolute Gasteiger partial charge is 0.465 e. The van der Waals surface area contributed by atoms with Gasteiger partial charge >= 0.3 is 5.97 Å². The van der Waals surface area contributed by atoms with Gasteiger partial charge in [-0.1, -0.05) is 45.0 Å². The van der Waals surface area contributed by atoms with Crippen molar-refractivity contribution in [2.45, 2.75) is 33.1 Å². The third kappa shape index (κ3) is 2.48. The summed E-state index contributed by atoms with van der Waals surface area (Å²) in [5.74, 6) is 0.173. The van der Waals surface area contributed by atoms with Crippen LogP contribution in [0, 0.1) is 0 Å². The number of ether oxygens (including phenoxy) is 1. The van der Waals surface area contributed by atoms with Gasteiger partial charge in [-0.05, 0) is 40.7 Å². The molecular weight excluding hydrogens is 238 g/mol. The van der Waals surface area contributed by atoms with Gasteiger partial charge < -0.3 is 4.74 Å². The molecule has 0 atom stereocenters. The van der Waals surface area contributed by atoms with E-state index in [0.29, 0.717) is 11.5 Å². The van der Waals surface area contributed by atoms with E-state index in [1.54, 1.807) is 0 Å². The molecule has 100 valence electrons. The van der Waals surface area contributed by atoms with Crippen LogP contribution in [0.4, 0.5) is 0 Å². The van der Waals surface area contributed by atoms with Crippen LogP contribution in [0.5, 0.6) is 0 Å². The Morgan fingerprint density at radius 3 is 2.53 bits per heavy atom. The van der Waals surface area contributed by atoms with Gasteiger partial charge in [0.2, 0.25) is 0 Å². The predicted octanol–water partition coefficient (Wildman–Crippen LogP) is 4.26. The molecular formula is C17H20O2. The standard InChI is InChI=1S/C17H20O2/c1-5-12-9-16(17(18)19-4)15-10-13(11(2)3)7-6-8-14(12)15/h6-11H,5H2,1-4H3/i5+2. The normalized spacial score (nSPS) is 11.0. The summed E-state index contributed by atoms with van der Waals surface area (Å²) in [4.78, 5) is 11.9. The van der Waals surface area contributed by atoms with Gasteiger partial charge in [0, 0.05) is 0 Å². The molecule has 0 amide bonds. The fourth-order valence-electron chi connectivity index (χ4n) is 2.40. The molecule has 0 saturated heterocycles. The van der Waals surface area contributed by atoms with Crippen LogP contribution < -0.4 is 0 Å². The molecule has 0 aromatic rings. The Hall–Kier alpha value is -1.83. The summed E-state index contributed by atoms with van der Waals surface area (Å²) < 4.78 is 4.89. The molecule has 0 radical (unpaired) electrons. The first kappa shape index (κ1) is 13.6. The van der Waals surface area contributed by atoms with E-state index in [1.165, 1.54) is 18.2 Å². The molecule has 19 heavy (non-hydrogen) atoms. The monoisotopic (exact) mass is 258 g/mol. The Balaban J connectivity index is 2.69. The smallest absolute Gasteiger partial charge is 0.338 e. The number of carbonyl (C=O) groups is 1. The predicted molar refractivity (Wildman–Crippen MR) is 77.9 cm³/mol. The van der Waals surface area contributed by atoms with Crippen molar-refractivity contribution in [2.75, 3.05) is 7.11 Å². The summed E-state index contributed by atoms with van der Waals surface area (Å²) in [6, 6.07) is 10.3. The highest BCUT2D eigenvalue weighted by atomic mass is 16.5. The molecule has 2 rings (SSSR count). The number of aryl methyl sites for hydroxylation is 1. The zero-order valence-electron chi connectivity index (χ0n) is 12.0. The topological polar surface area (TPSA) is 26.3 Å². The molecule has 0 bridgehead atoms. The molecule has 2 aliphatic carbocycles. The summed E-state index contributed by atoms with van der Waals surface area (Å²) in [5.41, 5.74) is 5.24. The van der Waals surface area contributed by atoms with Crippen LogP contribution in [-0.4, -0.2) is 13.1 Å². The van der Waals surface area contributed by atoms with E-state index >= 15 is 0 Å². The molecule has 0 aromatic heterocycles. The van der Waals surface area contributed by atoms with Crippen molar-refractivity contribution >= 4 is 5.97 Å². The van der Waals surface area contributed by atoms with Crippen molar-refractivity contribution in [3.8, 4) is 11.1 Å². The van der Waals surface area contributed by atoms with Crippen LogP contribution in [0.25, 0.3) is 11.1 Å². The van der Waals surface area contributed by atoms with Crippen molar-refractivity contribution in [3.63, 3.8) is 0 Å². The minimum Gasteiger partial charge on any atom is -0.465 e. The first-order valence-electron chi connectivity index (χ1n) is 6.72. The van der Waals surface area contributed by atoms with Gasteiger partial charge in [0.1, 0.15) is 0 Å². The van der Waals surface area contributed by atoms with Gasteiger partial charge in [-0.3, -0.25) is 0 Å². The third-order valence-electron chi connectivity index (χ3n) is 3.56. The van der Waals surface area contributed by atoms with E-state index in [9.17, 15) is 4.79 Å². The van der Waals surface area contributed by atoms with Crippen molar-refractivity contribution in [1.82, 2.24) is 0 Å². The van der Waals surface area contributed by atoms with Gasteiger partial charge in [-0.25, -0.2) is 4.79 Å². The zero-order valence-corrected chi connectivity index (χ0v) is 12.0. The number of rotatable bonds is 3. The molecule has 0 spiro atoms. The fraction of sp³-hybridized carbons (Fsp3) is 0.353. The second kappa shape index (κ2) is 5.43. The molecule has 2 nitrogen and oxygen atoms in total. The van der Waals surface area contributed by atoms with E-state index in [-0.39, 0.29) is 5.97 Å². The van der Waals surface area contributed by atoms with E-state index in [2.05, 4.69) is 45.0 Å². The van der Waals surface area contributed by atoms with E-state index < -0.39 is 0 Å². The van der Waals surface area contributed by atoms with E-state index in [0.717, 1.165) is 17.5 Å². The number of hydrogen-bond acceptors (Lipinski definition) is 2. The van der Waals surface area contributed by atoms with Gasteiger partial charge in [0.05, 0.1) is 12.7 Å². The Labute approximate surface area is 114 Å². The lowest BCUT2D eigenvalue weighted by atomic mass is 10.0. The Morgan fingerprint density at radius 1 is 1.21 bits per heavy atom. The third-order valence-corrected chi connectivity index (χ3v) is 3.56. The lowest BCUT2D eigenvalue weighted by Gasteiger charge is -2.04. The van der Waals surface area contributed by atoms with Gasteiger partial charge in [0.15, 0.2) is 0 Å². The maximum absolute atomic E-state index is 11.9. The Bertz CT molecular complexity index is 570. The van der Waals surface area contributed by atoms with Crippen LogP contribution >= 0.6 is 0 Å². The first-order valence-corrected chi connectivity index (χ1v) is 6.72.